The zero-order valence-corrected chi connectivity index (χ0v) is 13.8. The molecule has 2 amide bonds. The smallest absolute Gasteiger partial charge is 0.317 e. The summed E-state index contributed by atoms with van der Waals surface area (Å²) >= 11 is 0. The molecule has 0 fully saturated rings. The third kappa shape index (κ3) is 5.76. The Kier molecular flexibility index (Phi) is 6.69. The van der Waals surface area contributed by atoms with Crippen molar-refractivity contribution in [1.82, 2.24) is 10.2 Å². The first-order valence-electron chi connectivity index (χ1n) is 7.60. The molecule has 118 valence electrons. The number of aliphatic hydroxyl groups is 1. The molecule has 0 aliphatic carbocycles. The average Bonchev–Trinajstić information content (AvgIpc) is 2.41. The van der Waals surface area contributed by atoms with Crippen LogP contribution in [0.4, 0.5) is 4.79 Å². The van der Waals surface area contributed by atoms with E-state index in [9.17, 15) is 9.90 Å². The molecule has 1 aromatic carbocycles. The molecule has 2 N–H and O–H groups in total. The van der Waals surface area contributed by atoms with Gasteiger partial charge in [-0.3, -0.25) is 0 Å². The van der Waals surface area contributed by atoms with Gasteiger partial charge < -0.3 is 15.3 Å². The molecule has 0 aromatic heterocycles. The third-order valence-corrected chi connectivity index (χ3v) is 3.52. The predicted octanol–water partition coefficient (Wildman–Crippen LogP) is 2.90. The van der Waals surface area contributed by atoms with E-state index in [0.29, 0.717) is 13.1 Å². The summed E-state index contributed by atoms with van der Waals surface area (Å²) in [6.07, 6.45) is -0.521. The first-order chi connectivity index (χ1) is 9.81. The first-order valence-corrected chi connectivity index (χ1v) is 7.60. The fraction of sp³-hybridized carbons (Fsp3) is 0.588. The maximum atomic E-state index is 12.2. The number of carbonyl (C=O) groups is 1. The van der Waals surface area contributed by atoms with E-state index >= 15 is 0 Å². The van der Waals surface area contributed by atoms with Crippen LogP contribution >= 0.6 is 0 Å². The van der Waals surface area contributed by atoms with Crippen molar-refractivity contribution in [1.29, 1.82) is 0 Å². The second-order valence-electron chi connectivity index (χ2n) is 6.10. The van der Waals surface area contributed by atoms with Gasteiger partial charge in [0.1, 0.15) is 0 Å². The maximum Gasteiger partial charge on any atom is 0.317 e. The lowest BCUT2D eigenvalue weighted by molar-refractivity contribution is 0.119. The molecule has 1 aromatic rings. The van der Waals surface area contributed by atoms with Crippen LogP contribution in [0.2, 0.25) is 0 Å². The van der Waals surface area contributed by atoms with E-state index in [2.05, 4.69) is 37.4 Å². The molecule has 0 saturated heterocycles. The summed E-state index contributed by atoms with van der Waals surface area (Å²) in [4.78, 5) is 13.9. The highest BCUT2D eigenvalue weighted by Crippen LogP contribution is 2.15. The molecule has 1 rings (SSSR count). The number of benzene rings is 1. The van der Waals surface area contributed by atoms with Crippen molar-refractivity contribution >= 4 is 6.03 Å². The molecular formula is C17H28N2O2. The number of hydrogen-bond donors (Lipinski definition) is 2. The molecule has 2 unspecified atom stereocenters. The highest BCUT2D eigenvalue weighted by atomic mass is 16.3. The van der Waals surface area contributed by atoms with Crippen molar-refractivity contribution in [2.24, 2.45) is 0 Å². The highest BCUT2D eigenvalue weighted by molar-refractivity contribution is 5.74. The van der Waals surface area contributed by atoms with E-state index in [4.69, 9.17) is 0 Å². The highest BCUT2D eigenvalue weighted by Gasteiger charge is 2.19. The summed E-state index contributed by atoms with van der Waals surface area (Å²) in [6.45, 7) is 10.7. The fourth-order valence-corrected chi connectivity index (χ4v) is 2.25. The Balaban J connectivity index is 2.58. The zero-order chi connectivity index (χ0) is 16.0. The van der Waals surface area contributed by atoms with Gasteiger partial charge in [0.2, 0.25) is 0 Å². The van der Waals surface area contributed by atoms with E-state index < -0.39 is 6.10 Å². The number of urea groups is 1. The number of nitrogens with one attached hydrogen (secondary N) is 1. The minimum Gasteiger partial charge on any atom is -0.392 e. The minimum atomic E-state index is -0.521. The molecule has 0 aliphatic rings. The van der Waals surface area contributed by atoms with Gasteiger partial charge in [-0.15, -0.1) is 0 Å². The number of aryl methyl sites for hydroxylation is 1. The largest absolute Gasteiger partial charge is 0.392 e. The van der Waals surface area contributed by atoms with Crippen LogP contribution < -0.4 is 5.32 Å². The quantitative estimate of drug-likeness (QED) is 0.847. The van der Waals surface area contributed by atoms with E-state index in [0.717, 1.165) is 0 Å². The number of hydrogen-bond acceptors (Lipinski definition) is 2. The van der Waals surface area contributed by atoms with Gasteiger partial charge in [-0.25, -0.2) is 4.79 Å². The molecule has 0 aliphatic heterocycles. The van der Waals surface area contributed by atoms with Crippen molar-refractivity contribution in [2.75, 3.05) is 13.1 Å². The zero-order valence-electron chi connectivity index (χ0n) is 13.8. The normalized spacial score (nSPS) is 13.9. The van der Waals surface area contributed by atoms with E-state index in [1.165, 1.54) is 11.1 Å². The molecule has 21 heavy (non-hydrogen) atoms. The second kappa shape index (κ2) is 8.03. The summed E-state index contributed by atoms with van der Waals surface area (Å²) in [5, 5.41) is 12.4. The van der Waals surface area contributed by atoms with Crippen molar-refractivity contribution in [3.05, 3.63) is 35.4 Å². The van der Waals surface area contributed by atoms with E-state index in [1.54, 1.807) is 11.8 Å². The Hall–Kier alpha value is -1.55. The molecule has 0 heterocycles. The van der Waals surface area contributed by atoms with Crippen LogP contribution in [-0.2, 0) is 0 Å². The van der Waals surface area contributed by atoms with Gasteiger partial charge in [-0.2, -0.15) is 0 Å². The lowest BCUT2D eigenvalue weighted by Gasteiger charge is -2.28. The molecule has 2 atom stereocenters. The van der Waals surface area contributed by atoms with Crippen LogP contribution in [0, 0.1) is 6.92 Å². The number of rotatable bonds is 6. The van der Waals surface area contributed by atoms with E-state index in [1.807, 2.05) is 19.9 Å². The summed E-state index contributed by atoms with van der Waals surface area (Å²) < 4.78 is 0. The van der Waals surface area contributed by atoms with Gasteiger partial charge in [0.05, 0.1) is 6.10 Å². The van der Waals surface area contributed by atoms with Crippen molar-refractivity contribution in [3.8, 4) is 0 Å². The molecule has 4 heteroatoms. The topological polar surface area (TPSA) is 52.6 Å². The Morgan fingerprint density at radius 2 is 1.95 bits per heavy atom. The van der Waals surface area contributed by atoms with Crippen LogP contribution in [0.1, 0.15) is 44.7 Å². The minimum absolute atomic E-state index is 0.0638. The monoisotopic (exact) mass is 292 g/mol. The number of aliphatic hydroxyl groups excluding tert-OH is 1. The van der Waals surface area contributed by atoms with Crippen LogP contribution in [0.5, 0.6) is 0 Å². The Labute approximate surface area is 128 Å². The number of carbonyl (C=O) groups excluding carboxylic acids is 1. The van der Waals surface area contributed by atoms with Gasteiger partial charge in [0, 0.05) is 19.1 Å². The van der Waals surface area contributed by atoms with Crippen LogP contribution in [0.25, 0.3) is 0 Å². The second-order valence-corrected chi connectivity index (χ2v) is 6.10. The Morgan fingerprint density at radius 1 is 1.29 bits per heavy atom. The predicted molar refractivity (Wildman–Crippen MR) is 86.5 cm³/mol. The third-order valence-electron chi connectivity index (χ3n) is 3.52. The molecule has 4 nitrogen and oxygen atoms in total. The fourth-order valence-electron chi connectivity index (χ4n) is 2.25. The van der Waals surface area contributed by atoms with Crippen LogP contribution in [0.15, 0.2) is 24.3 Å². The van der Waals surface area contributed by atoms with Crippen molar-refractivity contribution in [3.63, 3.8) is 0 Å². The average molecular weight is 292 g/mol. The van der Waals surface area contributed by atoms with Gasteiger partial charge in [0.25, 0.3) is 0 Å². The summed E-state index contributed by atoms with van der Waals surface area (Å²) in [5.74, 6) is 0.259. The summed E-state index contributed by atoms with van der Waals surface area (Å²) in [5.41, 5.74) is 2.45. The molecular weight excluding hydrogens is 264 g/mol. The van der Waals surface area contributed by atoms with Gasteiger partial charge in [-0.05, 0) is 39.2 Å². The maximum absolute atomic E-state index is 12.2. The van der Waals surface area contributed by atoms with Gasteiger partial charge in [0.15, 0.2) is 0 Å². The molecule has 0 saturated carbocycles. The van der Waals surface area contributed by atoms with Gasteiger partial charge in [-0.1, -0.05) is 36.8 Å². The number of amides is 2. The first kappa shape index (κ1) is 17.5. The SMILES string of the molecule is Cc1cccc(C(C)CNC(=O)N(CC(C)O)C(C)C)c1. The van der Waals surface area contributed by atoms with Crippen molar-refractivity contribution in [2.45, 2.75) is 52.7 Å². The lowest BCUT2D eigenvalue weighted by atomic mass is 9.99. The summed E-state index contributed by atoms with van der Waals surface area (Å²) in [7, 11) is 0. The molecule has 0 radical (unpaired) electrons. The van der Waals surface area contributed by atoms with E-state index in [-0.39, 0.29) is 18.0 Å². The summed E-state index contributed by atoms with van der Waals surface area (Å²) in [6, 6.07) is 8.28. The van der Waals surface area contributed by atoms with Crippen molar-refractivity contribution < 1.29 is 9.90 Å². The molecule has 0 bridgehead atoms. The number of nitrogens with zero attached hydrogens (tertiary/aromatic N) is 1. The Bertz CT molecular complexity index is 458. The standard InChI is InChI=1S/C17H28N2O2/c1-12(2)19(11-15(5)20)17(21)18-10-14(4)16-8-6-7-13(3)9-16/h6-9,12,14-15,20H,10-11H2,1-5H3,(H,18,21). The molecule has 0 spiro atoms. The van der Waals surface area contributed by atoms with Gasteiger partial charge >= 0.3 is 6.03 Å². The Morgan fingerprint density at radius 3 is 2.48 bits per heavy atom. The van der Waals surface area contributed by atoms with Crippen LogP contribution in [-0.4, -0.2) is 41.3 Å². The lowest BCUT2D eigenvalue weighted by Crippen LogP contribution is -2.47. The van der Waals surface area contributed by atoms with Crippen LogP contribution in [0.3, 0.4) is 0 Å².